The van der Waals surface area contributed by atoms with E-state index in [2.05, 4.69) is 22.7 Å². The number of carbonyl (C=O) groups is 2. The Morgan fingerprint density at radius 1 is 1.32 bits per heavy atom. The lowest BCUT2D eigenvalue weighted by Crippen LogP contribution is -2.24. The number of carbonyl (C=O) groups excluding carboxylic acids is 2. The molecule has 2 aromatic rings. The van der Waals surface area contributed by atoms with E-state index in [-0.39, 0.29) is 11.9 Å². The molecular formula is C20H26ClN5O2. The minimum atomic E-state index is -0.619. The van der Waals surface area contributed by atoms with Gasteiger partial charge < -0.3 is 16.4 Å². The van der Waals surface area contributed by atoms with Crippen molar-refractivity contribution in [1.29, 1.82) is 0 Å². The molecule has 8 heteroatoms. The van der Waals surface area contributed by atoms with Crippen LogP contribution in [0.25, 0.3) is 6.08 Å². The van der Waals surface area contributed by atoms with Gasteiger partial charge in [-0.05, 0) is 44.0 Å². The Morgan fingerprint density at radius 2 is 2.00 bits per heavy atom. The van der Waals surface area contributed by atoms with Crippen LogP contribution in [-0.2, 0) is 11.3 Å². The molecule has 4 N–H and O–H groups in total. The summed E-state index contributed by atoms with van der Waals surface area (Å²) in [7, 11) is 0. The Labute approximate surface area is 169 Å². The summed E-state index contributed by atoms with van der Waals surface area (Å²) in [6, 6.07) is 6.27. The van der Waals surface area contributed by atoms with Crippen LogP contribution in [0, 0.1) is 6.92 Å². The van der Waals surface area contributed by atoms with Gasteiger partial charge in [0.2, 0.25) is 5.91 Å². The molecule has 150 valence electrons. The van der Waals surface area contributed by atoms with Crippen molar-refractivity contribution in [2.24, 2.45) is 5.73 Å². The van der Waals surface area contributed by atoms with Crippen LogP contribution in [0.1, 0.15) is 49.6 Å². The predicted octanol–water partition coefficient (Wildman–Crippen LogP) is 4.03. The summed E-state index contributed by atoms with van der Waals surface area (Å²) in [5.41, 5.74) is 8.12. The van der Waals surface area contributed by atoms with Crippen LogP contribution in [0.5, 0.6) is 0 Å². The Balaban J connectivity index is 1.99. The van der Waals surface area contributed by atoms with Crippen molar-refractivity contribution in [3.05, 3.63) is 52.3 Å². The third-order valence-corrected chi connectivity index (χ3v) is 4.67. The highest BCUT2D eigenvalue weighted by Gasteiger charge is 2.12. The number of aromatic nitrogens is 2. The molecule has 0 aliphatic heterocycles. The molecule has 0 fully saturated rings. The zero-order valence-electron chi connectivity index (χ0n) is 16.3. The highest BCUT2D eigenvalue weighted by atomic mass is 35.5. The summed E-state index contributed by atoms with van der Waals surface area (Å²) < 4.78 is 1.77. The SMILES string of the molecule is CCCCn1nc(C)c(/C=C/C(=O)NC(C)c2ccc(NC(N)=O)cc2)c1Cl. The van der Waals surface area contributed by atoms with E-state index in [9.17, 15) is 9.59 Å². The van der Waals surface area contributed by atoms with E-state index in [0.29, 0.717) is 10.8 Å². The first kappa shape index (κ1) is 21.5. The van der Waals surface area contributed by atoms with Crippen LogP contribution < -0.4 is 16.4 Å². The molecule has 0 radical (unpaired) electrons. The van der Waals surface area contributed by atoms with Crippen molar-refractivity contribution in [2.75, 3.05) is 5.32 Å². The molecule has 28 heavy (non-hydrogen) atoms. The summed E-state index contributed by atoms with van der Waals surface area (Å²) in [5.74, 6) is -0.233. The minimum Gasteiger partial charge on any atom is -0.351 e. The number of primary amides is 1. The number of benzene rings is 1. The quantitative estimate of drug-likeness (QED) is 0.580. The molecule has 2 rings (SSSR count). The molecule has 7 nitrogen and oxygen atoms in total. The molecule has 0 bridgehead atoms. The van der Waals surface area contributed by atoms with Gasteiger partial charge in [0.25, 0.3) is 0 Å². The highest BCUT2D eigenvalue weighted by molar-refractivity contribution is 6.31. The second-order valence-corrected chi connectivity index (χ2v) is 6.90. The van der Waals surface area contributed by atoms with Crippen molar-refractivity contribution < 1.29 is 9.59 Å². The molecule has 3 amide bonds. The fourth-order valence-electron chi connectivity index (χ4n) is 2.71. The average molecular weight is 404 g/mol. The van der Waals surface area contributed by atoms with Gasteiger partial charge in [-0.25, -0.2) is 4.79 Å². The monoisotopic (exact) mass is 403 g/mol. The molecule has 1 aromatic heterocycles. The zero-order chi connectivity index (χ0) is 20.7. The van der Waals surface area contributed by atoms with Gasteiger partial charge in [-0.15, -0.1) is 0 Å². The summed E-state index contributed by atoms with van der Waals surface area (Å²) in [4.78, 5) is 23.1. The van der Waals surface area contributed by atoms with Gasteiger partial charge in [0.15, 0.2) is 0 Å². The fourth-order valence-corrected chi connectivity index (χ4v) is 3.04. The number of unbranched alkanes of at least 4 members (excludes halogenated alkanes) is 1. The van der Waals surface area contributed by atoms with Crippen LogP contribution in [0.15, 0.2) is 30.3 Å². The Morgan fingerprint density at radius 3 is 2.61 bits per heavy atom. The maximum atomic E-state index is 12.3. The largest absolute Gasteiger partial charge is 0.351 e. The summed E-state index contributed by atoms with van der Waals surface area (Å²) in [5, 5.41) is 10.4. The number of nitrogens with zero attached hydrogens (tertiary/aromatic N) is 2. The molecular weight excluding hydrogens is 378 g/mol. The molecule has 1 aromatic carbocycles. The smallest absolute Gasteiger partial charge is 0.316 e. The number of urea groups is 1. The number of rotatable bonds is 8. The van der Waals surface area contributed by atoms with Crippen molar-refractivity contribution >= 4 is 35.3 Å². The molecule has 0 aliphatic rings. The first-order valence-electron chi connectivity index (χ1n) is 9.19. The third-order valence-electron chi connectivity index (χ3n) is 4.27. The standard InChI is InChI=1S/C20H26ClN5O2/c1-4-5-12-26-19(21)17(14(3)25-26)10-11-18(27)23-13(2)15-6-8-16(9-7-15)24-20(22)28/h6-11,13H,4-5,12H2,1-3H3,(H,23,27)(H3,22,24,28)/b11-10+. The predicted molar refractivity (Wildman–Crippen MR) is 112 cm³/mol. The Kier molecular flexibility index (Phi) is 7.63. The molecule has 0 spiro atoms. The van der Waals surface area contributed by atoms with E-state index in [1.54, 1.807) is 22.9 Å². The highest BCUT2D eigenvalue weighted by Crippen LogP contribution is 2.22. The lowest BCUT2D eigenvalue weighted by Gasteiger charge is -2.13. The van der Waals surface area contributed by atoms with Gasteiger partial charge in [0.1, 0.15) is 5.15 Å². The Bertz CT molecular complexity index is 858. The lowest BCUT2D eigenvalue weighted by atomic mass is 10.1. The first-order chi connectivity index (χ1) is 13.3. The number of aryl methyl sites for hydroxylation is 2. The van der Waals surface area contributed by atoms with Crippen molar-refractivity contribution in [2.45, 2.75) is 46.2 Å². The molecule has 0 saturated heterocycles. The first-order valence-corrected chi connectivity index (χ1v) is 9.57. The Hall–Kier alpha value is -2.80. The number of hydrogen-bond donors (Lipinski definition) is 3. The van der Waals surface area contributed by atoms with E-state index in [0.717, 1.165) is 36.2 Å². The van der Waals surface area contributed by atoms with E-state index < -0.39 is 6.03 Å². The summed E-state index contributed by atoms with van der Waals surface area (Å²) in [6.07, 6.45) is 5.20. The number of nitrogens with two attached hydrogens (primary N) is 1. The average Bonchev–Trinajstić information content (AvgIpc) is 2.91. The third kappa shape index (κ3) is 5.85. The minimum absolute atomic E-state index is 0.205. The van der Waals surface area contributed by atoms with Gasteiger partial charge in [0.05, 0.1) is 11.7 Å². The normalized spacial score (nSPS) is 12.1. The maximum Gasteiger partial charge on any atom is 0.316 e. The summed E-state index contributed by atoms with van der Waals surface area (Å²) in [6.45, 7) is 6.62. The number of halogens is 1. The van der Waals surface area contributed by atoms with Crippen molar-refractivity contribution in [3.63, 3.8) is 0 Å². The number of anilines is 1. The molecule has 0 saturated carbocycles. The molecule has 1 atom stereocenters. The van der Waals surface area contributed by atoms with Gasteiger partial charge in [-0.1, -0.05) is 37.1 Å². The van der Waals surface area contributed by atoms with E-state index in [4.69, 9.17) is 17.3 Å². The van der Waals surface area contributed by atoms with E-state index >= 15 is 0 Å². The van der Waals surface area contributed by atoms with E-state index in [1.165, 1.54) is 6.08 Å². The van der Waals surface area contributed by atoms with Crippen molar-refractivity contribution in [3.8, 4) is 0 Å². The molecule has 1 unspecified atom stereocenters. The second kappa shape index (κ2) is 9.94. The van der Waals surface area contributed by atoms with Crippen LogP contribution in [0.4, 0.5) is 10.5 Å². The van der Waals surface area contributed by atoms with Crippen LogP contribution >= 0.6 is 11.6 Å². The topological polar surface area (TPSA) is 102 Å². The number of amides is 3. The van der Waals surface area contributed by atoms with Gasteiger partial charge in [-0.3, -0.25) is 9.48 Å². The van der Waals surface area contributed by atoms with Crippen LogP contribution in [0.3, 0.4) is 0 Å². The molecule has 1 heterocycles. The zero-order valence-corrected chi connectivity index (χ0v) is 17.1. The van der Waals surface area contributed by atoms with Gasteiger partial charge >= 0.3 is 6.03 Å². The van der Waals surface area contributed by atoms with Gasteiger partial charge in [0, 0.05) is 23.9 Å². The van der Waals surface area contributed by atoms with E-state index in [1.807, 2.05) is 26.0 Å². The number of nitrogens with one attached hydrogen (secondary N) is 2. The second-order valence-electron chi connectivity index (χ2n) is 6.54. The van der Waals surface area contributed by atoms with Crippen LogP contribution in [0.2, 0.25) is 5.15 Å². The maximum absolute atomic E-state index is 12.3. The van der Waals surface area contributed by atoms with Crippen LogP contribution in [-0.4, -0.2) is 21.7 Å². The number of hydrogen-bond acceptors (Lipinski definition) is 3. The van der Waals surface area contributed by atoms with Gasteiger partial charge in [-0.2, -0.15) is 5.10 Å². The molecule has 0 aliphatic carbocycles. The van der Waals surface area contributed by atoms with Crippen molar-refractivity contribution in [1.82, 2.24) is 15.1 Å². The summed E-state index contributed by atoms with van der Waals surface area (Å²) >= 11 is 6.38. The lowest BCUT2D eigenvalue weighted by molar-refractivity contribution is -0.117. The fraction of sp³-hybridized carbons (Fsp3) is 0.350.